The summed E-state index contributed by atoms with van der Waals surface area (Å²) in [5.74, 6) is -1.15. The molecule has 0 saturated carbocycles. The summed E-state index contributed by atoms with van der Waals surface area (Å²) < 4.78 is 5.03. The predicted molar refractivity (Wildman–Crippen MR) is 66.0 cm³/mol. The van der Waals surface area contributed by atoms with Gasteiger partial charge in [-0.25, -0.2) is 9.59 Å². The van der Waals surface area contributed by atoms with E-state index in [0.29, 0.717) is 18.6 Å². The third-order valence-corrected chi connectivity index (χ3v) is 3.23. The van der Waals surface area contributed by atoms with Gasteiger partial charge in [0.1, 0.15) is 0 Å². The molecule has 0 spiro atoms. The Bertz CT molecular complexity index is 514. The number of carboxylic acids is 1. The first-order chi connectivity index (χ1) is 9.04. The lowest BCUT2D eigenvalue weighted by atomic mass is 9.91. The van der Waals surface area contributed by atoms with Gasteiger partial charge in [-0.3, -0.25) is 4.90 Å². The van der Waals surface area contributed by atoms with Crippen LogP contribution >= 0.6 is 0 Å². The number of nitrogens with zero attached hydrogens (tertiary/aromatic N) is 1. The highest BCUT2D eigenvalue weighted by molar-refractivity contribution is 5.82. The fraction of sp³-hybridized carbons (Fsp3) is 0.385. The average molecular weight is 265 g/mol. The van der Waals surface area contributed by atoms with E-state index in [1.54, 1.807) is 19.2 Å². The number of carbonyl (C=O) groups is 2. The van der Waals surface area contributed by atoms with Gasteiger partial charge in [0.15, 0.2) is 6.04 Å². The third-order valence-electron chi connectivity index (χ3n) is 3.23. The van der Waals surface area contributed by atoms with Gasteiger partial charge in [0.25, 0.3) is 0 Å². The lowest BCUT2D eigenvalue weighted by Crippen LogP contribution is -2.42. The van der Waals surface area contributed by atoms with Crippen LogP contribution in [0.1, 0.15) is 22.7 Å². The molecule has 0 aliphatic carbocycles. The molecule has 2 rings (SSSR count). The zero-order chi connectivity index (χ0) is 14.0. The molecule has 19 heavy (non-hydrogen) atoms. The van der Waals surface area contributed by atoms with Gasteiger partial charge in [-0.05, 0) is 23.1 Å². The van der Waals surface area contributed by atoms with Crippen molar-refractivity contribution in [2.45, 2.75) is 19.1 Å². The molecule has 0 radical (unpaired) electrons. The molecule has 1 unspecified atom stereocenters. The van der Waals surface area contributed by atoms with E-state index < -0.39 is 18.1 Å². The summed E-state index contributed by atoms with van der Waals surface area (Å²) in [5.41, 5.74) is 2.37. The Balaban J connectivity index is 2.41. The summed E-state index contributed by atoms with van der Waals surface area (Å²) in [6, 6.07) is 4.20. The minimum absolute atomic E-state index is 0.190. The summed E-state index contributed by atoms with van der Waals surface area (Å²) >= 11 is 0. The van der Waals surface area contributed by atoms with Gasteiger partial charge in [0.2, 0.25) is 0 Å². The number of ether oxygens (including phenoxy) is 1. The van der Waals surface area contributed by atoms with E-state index in [-0.39, 0.29) is 6.54 Å². The molecule has 2 N–H and O–H groups in total. The first-order valence-corrected chi connectivity index (χ1v) is 5.87. The zero-order valence-electron chi connectivity index (χ0n) is 10.5. The highest BCUT2D eigenvalue weighted by Crippen LogP contribution is 2.30. The maximum Gasteiger partial charge on any atom is 0.408 e. The molecule has 1 aliphatic rings. The fourth-order valence-electron chi connectivity index (χ4n) is 2.41. The number of hydrogen-bond donors (Lipinski definition) is 2. The van der Waals surface area contributed by atoms with E-state index in [4.69, 9.17) is 9.84 Å². The summed E-state index contributed by atoms with van der Waals surface area (Å²) in [6.45, 7) is 0.642. The van der Waals surface area contributed by atoms with Crippen molar-refractivity contribution < 1.29 is 24.5 Å². The fourth-order valence-corrected chi connectivity index (χ4v) is 2.41. The number of methoxy groups -OCH3 is 1. The van der Waals surface area contributed by atoms with Crippen LogP contribution in [0.3, 0.4) is 0 Å². The largest absolute Gasteiger partial charge is 0.479 e. The van der Waals surface area contributed by atoms with Crippen LogP contribution in [0.15, 0.2) is 18.2 Å². The number of fused-ring (bicyclic) bond motifs is 1. The number of amides is 1. The van der Waals surface area contributed by atoms with Crippen LogP contribution in [0.2, 0.25) is 0 Å². The van der Waals surface area contributed by atoms with Crippen LogP contribution in [0.25, 0.3) is 0 Å². The van der Waals surface area contributed by atoms with Gasteiger partial charge >= 0.3 is 12.1 Å². The second-order valence-corrected chi connectivity index (χ2v) is 4.43. The first-order valence-electron chi connectivity index (χ1n) is 5.87. The van der Waals surface area contributed by atoms with Crippen molar-refractivity contribution in [2.75, 3.05) is 13.7 Å². The molecule has 1 aliphatic heterocycles. The summed E-state index contributed by atoms with van der Waals surface area (Å²) in [7, 11) is 1.59. The summed E-state index contributed by atoms with van der Waals surface area (Å²) in [5, 5.41) is 18.3. The highest BCUT2D eigenvalue weighted by Gasteiger charge is 2.35. The maximum atomic E-state index is 11.3. The highest BCUT2D eigenvalue weighted by atomic mass is 16.5. The number of rotatable bonds is 3. The van der Waals surface area contributed by atoms with Crippen molar-refractivity contribution in [2.24, 2.45) is 0 Å². The minimum atomic E-state index is -1.21. The van der Waals surface area contributed by atoms with Gasteiger partial charge in [0, 0.05) is 13.7 Å². The van der Waals surface area contributed by atoms with Crippen LogP contribution in [0.4, 0.5) is 4.79 Å². The van der Waals surface area contributed by atoms with E-state index in [2.05, 4.69) is 0 Å². The topological polar surface area (TPSA) is 87.1 Å². The van der Waals surface area contributed by atoms with Crippen LogP contribution in [0.5, 0.6) is 0 Å². The van der Waals surface area contributed by atoms with Gasteiger partial charge in [-0.15, -0.1) is 0 Å². The maximum absolute atomic E-state index is 11.3. The Morgan fingerprint density at radius 1 is 1.42 bits per heavy atom. The Kier molecular flexibility index (Phi) is 3.71. The standard InChI is InChI=1S/C13H15NO5/c1-19-7-8-2-3-10-9(6-8)4-5-14(13(17)18)11(10)12(15)16/h2-3,6,11H,4-5,7H2,1H3,(H,15,16)(H,17,18). The molecular formula is C13H15NO5. The Morgan fingerprint density at radius 2 is 2.16 bits per heavy atom. The van der Waals surface area contributed by atoms with Gasteiger partial charge in [-0.2, -0.15) is 0 Å². The molecule has 1 atom stereocenters. The van der Waals surface area contributed by atoms with Crippen molar-refractivity contribution in [1.29, 1.82) is 0 Å². The Morgan fingerprint density at radius 3 is 2.74 bits per heavy atom. The van der Waals surface area contributed by atoms with Gasteiger partial charge < -0.3 is 14.9 Å². The molecule has 1 aromatic rings. The van der Waals surface area contributed by atoms with Crippen molar-refractivity contribution in [1.82, 2.24) is 4.90 Å². The smallest absolute Gasteiger partial charge is 0.408 e. The predicted octanol–water partition coefficient (Wildman–Crippen LogP) is 1.49. The van der Waals surface area contributed by atoms with Crippen molar-refractivity contribution >= 4 is 12.1 Å². The Hall–Kier alpha value is -2.08. The lowest BCUT2D eigenvalue weighted by Gasteiger charge is -2.32. The van der Waals surface area contributed by atoms with Crippen LogP contribution < -0.4 is 0 Å². The summed E-state index contributed by atoms with van der Waals surface area (Å²) in [6.07, 6.45) is -0.692. The van der Waals surface area contributed by atoms with E-state index in [1.807, 2.05) is 6.07 Å². The Labute approximate surface area is 110 Å². The quantitative estimate of drug-likeness (QED) is 0.864. The molecule has 0 fully saturated rings. The third kappa shape index (κ3) is 2.53. The van der Waals surface area contributed by atoms with E-state index in [1.165, 1.54) is 0 Å². The van der Waals surface area contributed by atoms with Crippen molar-refractivity contribution in [3.63, 3.8) is 0 Å². The van der Waals surface area contributed by atoms with Crippen molar-refractivity contribution in [3.05, 3.63) is 34.9 Å². The molecule has 0 bridgehead atoms. The second kappa shape index (κ2) is 5.27. The molecule has 1 heterocycles. The molecule has 0 saturated heterocycles. The van der Waals surface area contributed by atoms with E-state index >= 15 is 0 Å². The van der Waals surface area contributed by atoms with Crippen LogP contribution in [-0.2, 0) is 22.6 Å². The normalized spacial score (nSPS) is 17.9. The first kappa shape index (κ1) is 13.4. The zero-order valence-corrected chi connectivity index (χ0v) is 10.5. The van der Waals surface area contributed by atoms with Crippen LogP contribution in [-0.4, -0.2) is 40.8 Å². The number of carboxylic acid groups (broad SMARTS) is 2. The molecule has 1 aromatic carbocycles. The molecule has 0 aromatic heterocycles. The second-order valence-electron chi connectivity index (χ2n) is 4.43. The van der Waals surface area contributed by atoms with E-state index in [0.717, 1.165) is 16.0 Å². The number of benzene rings is 1. The van der Waals surface area contributed by atoms with E-state index in [9.17, 15) is 14.7 Å². The number of aliphatic carboxylic acids is 1. The molecular weight excluding hydrogens is 250 g/mol. The van der Waals surface area contributed by atoms with Crippen LogP contribution in [0, 0.1) is 0 Å². The summed E-state index contributed by atoms with van der Waals surface area (Å²) in [4.78, 5) is 23.4. The van der Waals surface area contributed by atoms with Gasteiger partial charge in [-0.1, -0.05) is 18.2 Å². The lowest BCUT2D eigenvalue weighted by molar-refractivity contribution is -0.143. The van der Waals surface area contributed by atoms with Crippen molar-refractivity contribution in [3.8, 4) is 0 Å². The SMILES string of the molecule is COCc1ccc2c(c1)CCN(C(=O)O)C2C(=O)O. The monoisotopic (exact) mass is 265 g/mol. The molecule has 6 heteroatoms. The number of hydrogen-bond acceptors (Lipinski definition) is 3. The molecule has 6 nitrogen and oxygen atoms in total. The minimum Gasteiger partial charge on any atom is -0.479 e. The molecule has 1 amide bonds. The molecule has 102 valence electrons. The van der Waals surface area contributed by atoms with Gasteiger partial charge in [0.05, 0.1) is 6.61 Å². The average Bonchev–Trinajstić information content (AvgIpc) is 2.37.